The number of hydrogen-bond acceptors (Lipinski definition) is 4. The van der Waals surface area contributed by atoms with Gasteiger partial charge in [-0.1, -0.05) is 42.5 Å². The lowest BCUT2D eigenvalue weighted by Gasteiger charge is -2.06. The quantitative estimate of drug-likeness (QED) is 0.319. The molecule has 0 aliphatic rings. The van der Waals surface area contributed by atoms with E-state index in [1.807, 2.05) is 61.5 Å². The molecule has 5 nitrogen and oxygen atoms in total. The minimum atomic E-state index is -0.258. The van der Waals surface area contributed by atoms with Crippen LogP contribution in [0.4, 0.5) is 5.69 Å². The molecule has 0 bridgehead atoms. The van der Waals surface area contributed by atoms with E-state index >= 15 is 0 Å². The Morgan fingerprint density at radius 1 is 0.833 bits per heavy atom. The van der Waals surface area contributed by atoms with Gasteiger partial charge in [-0.3, -0.25) is 9.59 Å². The van der Waals surface area contributed by atoms with Gasteiger partial charge in [0.05, 0.1) is 5.71 Å². The van der Waals surface area contributed by atoms with Crippen molar-refractivity contribution in [2.45, 2.75) is 24.5 Å². The van der Waals surface area contributed by atoms with Crippen LogP contribution in [0.3, 0.4) is 0 Å². The molecule has 0 atom stereocenters. The SMILES string of the molecule is CC(=O)Nc1ccc(/C(C)=N/NC(=O)c2ccc(CSc3ccccc3)cc2)cc1. The lowest BCUT2D eigenvalue weighted by Crippen LogP contribution is -2.19. The van der Waals surface area contributed by atoms with Crippen molar-refractivity contribution in [3.05, 3.63) is 95.6 Å². The summed E-state index contributed by atoms with van der Waals surface area (Å²) in [5.41, 5.74) is 6.55. The minimum Gasteiger partial charge on any atom is -0.326 e. The van der Waals surface area contributed by atoms with Crippen LogP contribution in [-0.4, -0.2) is 17.5 Å². The number of benzene rings is 3. The van der Waals surface area contributed by atoms with Crippen LogP contribution >= 0.6 is 11.8 Å². The number of carbonyl (C=O) groups excluding carboxylic acids is 2. The predicted octanol–water partition coefficient (Wildman–Crippen LogP) is 5.09. The summed E-state index contributed by atoms with van der Waals surface area (Å²) in [5, 5.41) is 6.90. The van der Waals surface area contributed by atoms with Crippen LogP contribution in [0.25, 0.3) is 0 Å². The maximum Gasteiger partial charge on any atom is 0.271 e. The first-order valence-corrected chi connectivity index (χ1v) is 10.5. The first kappa shape index (κ1) is 21.3. The lowest BCUT2D eigenvalue weighted by molar-refractivity contribution is -0.114. The van der Waals surface area contributed by atoms with Crippen molar-refractivity contribution < 1.29 is 9.59 Å². The van der Waals surface area contributed by atoms with Crippen LogP contribution in [0.15, 0.2) is 88.9 Å². The van der Waals surface area contributed by atoms with E-state index < -0.39 is 0 Å². The Balaban J connectivity index is 1.55. The average molecular weight is 418 g/mol. The first-order chi connectivity index (χ1) is 14.5. The van der Waals surface area contributed by atoms with Crippen molar-refractivity contribution in [1.82, 2.24) is 5.43 Å². The fourth-order valence-electron chi connectivity index (χ4n) is 2.70. The van der Waals surface area contributed by atoms with E-state index in [-0.39, 0.29) is 11.8 Å². The Morgan fingerprint density at radius 2 is 1.47 bits per heavy atom. The maximum absolute atomic E-state index is 12.4. The second-order valence-corrected chi connectivity index (χ2v) is 7.74. The van der Waals surface area contributed by atoms with Crippen LogP contribution in [0.5, 0.6) is 0 Å². The largest absolute Gasteiger partial charge is 0.326 e. The molecule has 3 aromatic rings. The molecule has 3 aromatic carbocycles. The number of carbonyl (C=O) groups is 2. The summed E-state index contributed by atoms with van der Waals surface area (Å²) in [6.07, 6.45) is 0. The monoisotopic (exact) mass is 417 g/mol. The lowest BCUT2D eigenvalue weighted by atomic mass is 10.1. The number of anilines is 1. The number of hydrazone groups is 1. The van der Waals surface area contributed by atoms with Crippen LogP contribution < -0.4 is 10.7 Å². The average Bonchev–Trinajstić information content (AvgIpc) is 2.77. The molecular formula is C24H23N3O2S. The molecule has 0 radical (unpaired) electrons. The Morgan fingerprint density at radius 3 is 2.10 bits per heavy atom. The smallest absolute Gasteiger partial charge is 0.271 e. The summed E-state index contributed by atoms with van der Waals surface area (Å²) in [6, 6.07) is 25.0. The van der Waals surface area contributed by atoms with Crippen molar-refractivity contribution in [3.8, 4) is 0 Å². The van der Waals surface area contributed by atoms with E-state index in [4.69, 9.17) is 0 Å². The Labute approximate surface area is 180 Å². The summed E-state index contributed by atoms with van der Waals surface area (Å²) in [6.45, 7) is 3.28. The van der Waals surface area contributed by atoms with Crippen LogP contribution in [0, 0.1) is 0 Å². The van der Waals surface area contributed by atoms with Crippen molar-refractivity contribution in [2.24, 2.45) is 5.10 Å². The molecule has 0 aromatic heterocycles. The van der Waals surface area contributed by atoms with Gasteiger partial charge in [0.1, 0.15) is 0 Å². The molecular weight excluding hydrogens is 394 g/mol. The van der Waals surface area contributed by atoms with Crippen molar-refractivity contribution in [3.63, 3.8) is 0 Å². The second-order valence-electron chi connectivity index (χ2n) is 6.70. The van der Waals surface area contributed by atoms with Gasteiger partial charge in [0.25, 0.3) is 5.91 Å². The molecule has 0 unspecified atom stereocenters. The highest BCUT2D eigenvalue weighted by Gasteiger charge is 2.06. The van der Waals surface area contributed by atoms with Gasteiger partial charge in [0, 0.05) is 28.8 Å². The van der Waals surface area contributed by atoms with Crippen LogP contribution in [-0.2, 0) is 10.5 Å². The fraction of sp³-hybridized carbons (Fsp3) is 0.125. The van der Waals surface area contributed by atoms with Gasteiger partial charge in [-0.05, 0) is 54.4 Å². The highest BCUT2D eigenvalue weighted by Crippen LogP contribution is 2.22. The first-order valence-electron chi connectivity index (χ1n) is 9.51. The second kappa shape index (κ2) is 10.4. The fourth-order valence-corrected chi connectivity index (χ4v) is 3.57. The zero-order valence-electron chi connectivity index (χ0n) is 16.9. The number of nitrogens with zero attached hydrogens (tertiary/aromatic N) is 1. The molecule has 6 heteroatoms. The van der Waals surface area contributed by atoms with Gasteiger partial charge < -0.3 is 5.32 Å². The number of thioether (sulfide) groups is 1. The van der Waals surface area contributed by atoms with Crippen LogP contribution in [0.1, 0.15) is 35.3 Å². The Hall–Kier alpha value is -3.38. The van der Waals surface area contributed by atoms with Crippen molar-refractivity contribution in [1.29, 1.82) is 0 Å². The minimum absolute atomic E-state index is 0.120. The summed E-state index contributed by atoms with van der Waals surface area (Å²) in [5.74, 6) is 0.467. The number of nitrogens with one attached hydrogen (secondary N) is 2. The number of rotatable bonds is 7. The molecule has 0 saturated carbocycles. The molecule has 3 rings (SSSR count). The van der Waals surface area contributed by atoms with Crippen molar-refractivity contribution in [2.75, 3.05) is 5.32 Å². The Bertz CT molecular complexity index is 1030. The molecule has 2 N–H and O–H groups in total. The summed E-state index contributed by atoms with van der Waals surface area (Å²) >= 11 is 1.76. The molecule has 0 aliphatic heterocycles. The molecule has 30 heavy (non-hydrogen) atoms. The molecule has 0 aliphatic carbocycles. The van der Waals surface area contributed by atoms with E-state index in [1.165, 1.54) is 11.8 Å². The number of hydrogen-bond donors (Lipinski definition) is 2. The van der Waals surface area contributed by atoms with Gasteiger partial charge in [-0.25, -0.2) is 5.43 Å². The van der Waals surface area contributed by atoms with E-state index in [0.717, 1.165) is 16.9 Å². The van der Waals surface area contributed by atoms with Gasteiger partial charge >= 0.3 is 0 Å². The molecule has 152 valence electrons. The molecule has 0 spiro atoms. The van der Waals surface area contributed by atoms with E-state index in [1.54, 1.807) is 23.9 Å². The normalized spacial score (nSPS) is 11.1. The van der Waals surface area contributed by atoms with Gasteiger partial charge in [-0.2, -0.15) is 5.10 Å². The van der Waals surface area contributed by atoms with E-state index in [9.17, 15) is 9.59 Å². The topological polar surface area (TPSA) is 70.6 Å². The van der Waals surface area contributed by atoms with E-state index in [0.29, 0.717) is 17.0 Å². The van der Waals surface area contributed by atoms with Crippen LogP contribution in [0.2, 0.25) is 0 Å². The maximum atomic E-state index is 12.4. The molecule has 2 amide bonds. The third kappa shape index (κ3) is 6.32. The van der Waals surface area contributed by atoms with E-state index in [2.05, 4.69) is 28.0 Å². The molecule has 0 saturated heterocycles. The molecule has 0 heterocycles. The van der Waals surface area contributed by atoms with Gasteiger partial charge in [0.2, 0.25) is 5.91 Å². The third-order valence-electron chi connectivity index (χ3n) is 4.31. The summed E-state index contributed by atoms with van der Waals surface area (Å²) in [4.78, 5) is 24.7. The number of amides is 2. The highest BCUT2D eigenvalue weighted by atomic mass is 32.2. The molecule has 0 fully saturated rings. The van der Waals surface area contributed by atoms with Crippen molar-refractivity contribution >= 4 is 35.0 Å². The van der Waals surface area contributed by atoms with Gasteiger partial charge in [0.15, 0.2) is 0 Å². The summed E-state index contributed by atoms with van der Waals surface area (Å²) in [7, 11) is 0. The highest BCUT2D eigenvalue weighted by molar-refractivity contribution is 7.98. The third-order valence-corrected chi connectivity index (χ3v) is 5.40. The zero-order chi connectivity index (χ0) is 21.3. The van der Waals surface area contributed by atoms with Gasteiger partial charge in [-0.15, -0.1) is 11.8 Å². The summed E-state index contributed by atoms with van der Waals surface area (Å²) < 4.78 is 0. The predicted molar refractivity (Wildman–Crippen MR) is 123 cm³/mol. The Kier molecular flexibility index (Phi) is 7.40. The standard InChI is InChI=1S/C24H23N3O2S/c1-17(20-12-14-22(15-13-20)25-18(2)28)26-27-24(29)21-10-8-19(9-11-21)16-30-23-6-4-3-5-7-23/h3-15H,16H2,1-2H3,(H,25,28)(H,27,29)/b26-17+. The zero-order valence-corrected chi connectivity index (χ0v) is 17.7.